The molecule has 3 rings (SSSR count). The number of benzene rings is 2. The van der Waals surface area contributed by atoms with Gasteiger partial charge in [-0.05, 0) is 74.8 Å². The molecule has 0 aliphatic heterocycles. The van der Waals surface area contributed by atoms with Gasteiger partial charge in [-0.25, -0.2) is 4.79 Å². The number of nitrogens with one attached hydrogen (secondary N) is 3. The van der Waals surface area contributed by atoms with Crippen molar-refractivity contribution in [3.05, 3.63) is 102 Å². The van der Waals surface area contributed by atoms with E-state index in [2.05, 4.69) is 20.9 Å². The van der Waals surface area contributed by atoms with E-state index in [1.165, 1.54) is 0 Å². The first-order chi connectivity index (χ1) is 20.9. The van der Waals surface area contributed by atoms with Crippen molar-refractivity contribution in [1.82, 2.24) is 20.9 Å². The lowest BCUT2D eigenvalue weighted by Gasteiger charge is -2.30. The molecule has 44 heavy (non-hydrogen) atoms. The molecule has 0 spiro atoms. The minimum Gasteiger partial charge on any atom is -0.444 e. The van der Waals surface area contributed by atoms with Crippen LogP contribution in [0.3, 0.4) is 0 Å². The van der Waals surface area contributed by atoms with Gasteiger partial charge in [0.2, 0.25) is 11.8 Å². The van der Waals surface area contributed by atoms with Crippen LogP contribution in [0.2, 0.25) is 0 Å². The SMILES string of the molecule is CC(C)[C@H](NC(=O)[C@H](Cc1ccccc1)C[C@H](O)[C@H](Cc1ccccc1)NC(=O)OC(C)(C)C)C(=O)NCc1ccncc1. The lowest BCUT2D eigenvalue weighted by atomic mass is 9.88. The van der Waals surface area contributed by atoms with E-state index in [1.54, 1.807) is 33.2 Å². The van der Waals surface area contributed by atoms with Gasteiger partial charge >= 0.3 is 6.09 Å². The van der Waals surface area contributed by atoms with E-state index in [0.717, 1.165) is 16.7 Å². The Kier molecular flexibility index (Phi) is 12.9. The maximum absolute atomic E-state index is 13.8. The van der Waals surface area contributed by atoms with Crippen molar-refractivity contribution in [2.24, 2.45) is 11.8 Å². The molecule has 4 atom stereocenters. The van der Waals surface area contributed by atoms with Crippen LogP contribution in [0.25, 0.3) is 0 Å². The molecule has 0 saturated heterocycles. The highest BCUT2D eigenvalue weighted by atomic mass is 16.6. The fourth-order valence-electron chi connectivity index (χ4n) is 4.85. The van der Waals surface area contributed by atoms with Crippen LogP contribution in [-0.2, 0) is 33.7 Å². The second kappa shape index (κ2) is 16.6. The smallest absolute Gasteiger partial charge is 0.407 e. The van der Waals surface area contributed by atoms with Crippen LogP contribution in [0.15, 0.2) is 85.2 Å². The number of carbonyl (C=O) groups is 3. The minimum atomic E-state index is -1.08. The number of ether oxygens (including phenoxy) is 1. The van der Waals surface area contributed by atoms with Gasteiger partial charge in [0.15, 0.2) is 0 Å². The Bertz CT molecular complexity index is 1310. The monoisotopic (exact) mass is 602 g/mol. The predicted molar refractivity (Wildman–Crippen MR) is 170 cm³/mol. The Hall–Kier alpha value is -4.24. The summed E-state index contributed by atoms with van der Waals surface area (Å²) in [5.74, 6) is -1.50. The van der Waals surface area contributed by atoms with Gasteiger partial charge in [0.05, 0.1) is 12.1 Å². The van der Waals surface area contributed by atoms with Crippen LogP contribution in [0, 0.1) is 11.8 Å². The maximum atomic E-state index is 13.8. The normalized spacial score (nSPS) is 14.2. The quantitative estimate of drug-likeness (QED) is 0.214. The number of carbonyl (C=O) groups excluding carboxylic acids is 3. The minimum absolute atomic E-state index is 0.0531. The summed E-state index contributed by atoms with van der Waals surface area (Å²) in [4.78, 5) is 43.8. The molecule has 0 bridgehead atoms. The number of rotatable bonds is 14. The topological polar surface area (TPSA) is 130 Å². The third kappa shape index (κ3) is 11.8. The first-order valence-electron chi connectivity index (χ1n) is 15.1. The highest BCUT2D eigenvalue weighted by Gasteiger charge is 2.32. The number of amides is 3. The second-order valence-corrected chi connectivity index (χ2v) is 12.4. The van der Waals surface area contributed by atoms with Crippen LogP contribution in [0.1, 0.15) is 57.7 Å². The van der Waals surface area contributed by atoms with Crippen molar-refractivity contribution >= 4 is 17.9 Å². The highest BCUT2D eigenvalue weighted by Crippen LogP contribution is 2.20. The number of aliphatic hydroxyl groups excluding tert-OH is 1. The van der Waals surface area contributed by atoms with Crippen LogP contribution in [0.4, 0.5) is 4.79 Å². The lowest BCUT2D eigenvalue weighted by molar-refractivity contribution is -0.132. The Morgan fingerprint density at radius 1 is 0.795 bits per heavy atom. The molecule has 0 saturated carbocycles. The van der Waals surface area contributed by atoms with E-state index >= 15 is 0 Å². The molecule has 0 unspecified atom stereocenters. The first kappa shape index (κ1) is 34.3. The number of aromatic nitrogens is 1. The van der Waals surface area contributed by atoms with Crippen molar-refractivity contribution in [3.63, 3.8) is 0 Å². The summed E-state index contributed by atoms with van der Waals surface area (Å²) in [5.41, 5.74) is 2.02. The summed E-state index contributed by atoms with van der Waals surface area (Å²) in [6.45, 7) is 9.37. The van der Waals surface area contributed by atoms with E-state index in [9.17, 15) is 19.5 Å². The standard InChI is InChI=1S/C35H46N4O5/c1-24(2)31(33(42)37-23-27-16-18-36-19-17-27)39-32(41)28(20-25-12-8-6-9-13-25)22-30(40)29(21-26-14-10-7-11-15-26)38-34(43)44-35(3,4)5/h6-19,24,28-31,40H,20-23H2,1-5H3,(H,37,42)(H,38,43)(H,39,41)/t28-,29+,30+,31+/m1/s1. The molecule has 0 aliphatic rings. The Labute approximate surface area is 260 Å². The Morgan fingerprint density at radius 2 is 1.36 bits per heavy atom. The van der Waals surface area contributed by atoms with Crippen LogP contribution < -0.4 is 16.0 Å². The fraction of sp³-hybridized carbons (Fsp3) is 0.429. The molecule has 1 aromatic heterocycles. The van der Waals surface area contributed by atoms with Crippen molar-refractivity contribution in [2.45, 2.75) is 84.2 Å². The number of hydrogen-bond donors (Lipinski definition) is 4. The van der Waals surface area contributed by atoms with Gasteiger partial charge in [-0.1, -0.05) is 74.5 Å². The van der Waals surface area contributed by atoms with Crippen molar-refractivity contribution < 1.29 is 24.2 Å². The van der Waals surface area contributed by atoms with Gasteiger partial charge in [-0.15, -0.1) is 0 Å². The van der Waals surface area contributed by atoms with Gasteiger partial charge in [0, 0.05) is 24.9 Å². The average molecular weight is 603 g/mol. The molecule has 4 N–H and O–H groups in total. The first-order valence-corrected chi connectivity index (χ1v) is 15.1. The lowest BCUT2D eigenvalue weighted by Crippen LogP contribution is -2.52. The zero-order valence-corrected chi connectivity index (χ0v) is 26.3. The van der Waals surface area contributed by atoms with Gasteiger partial charge in [0.1, 0.15) is 11.6 Å². The number of pyridine rings is 1. The van der Waals surface area contributed by atoms with Crippen molar-refractivity contribution in [1.29, 1.82) is 0 Å². The number of hydrogen-bond acceptors (Lipinski definition) is 6. The third-order valence-electron chi connectivity index (χ3n) is 7.15. The third-order valence-corrected chi connectivity index (χ3v) is 7.15. The number of nitrogens with zero attached hydrogens (tertiary/aromatic N) is 1. The molecule has 2 aromatic carbocycles. The van der Waals surface area contributed by atoms with E-state index in [0.29, 0.717) is 19.4 Å². The van der Waals surface area contributed by atoms with E-state index in [4.69, 9.17) is 4.74 Å². The Morgan fingerprint density at radius 3 is 1.91 bits per heavy atom. The summed E-state index contributed by atoms with van der Waals surface area (Å²) in [6.07, 6.45) is 2.33. The second-order valence-electron chi connectivity index (χ2n) is 12.4. The summed E-state index contributed by atoms with van der Waals surface area (Å²) in [5, 5.41) is 20.2. The molecular formula is C35H46N4O5. The summed E-state index contributed by atoms with van der Waals surface area (Å²) in [7, 11) is 0. The van der Waals surface area contributed by atoms with Crippen LogP contribution in [0.5, 0.6) is 0 Å². The predicted octanol–water partition coefficient (Wildman–Crippen LogP) is 4.58. The van der Waals surface area contributed by atoms with Gasteiger partial charge in [-0.2, -0.15) is 0 Å². The molecule has 236 valence electrons. The summed E-state index contributed by atoms with van der Waals surface area (Å²) < 4.78 is 5.48. The van der Waals surface area contributed by atoms with E-state index in [1.807, 2.05) is 86.6 Å². The van der Waals surface area contributed by atoms with Crippen molar-refractivity contribution in [3.8, 4) is 0 Å². The Balaban J connectivity index is 1.80. The van der Waals surface area contributed by atoms with Crippen LogP contribution >= 0.6 is 0 Å². The molecule has 0 aliphatic carbocycles. The zero-order chi connectivity index (χ0) is 32.1. The van der Waals surface area contributed by atoms with E-state index < -0.39 is 35.8 Å². The molecule has 9 heteroatoms. The summed E-state index contributed by atoms with van der Waals surface area (Å²) >= 11 is 0. The van der Waals surface area contributed by atoms with Gasteiger partial charge < -0.3 is 25.8 Å². The highest BCUT2D eigenvalue weighted by molar-refractivity contribution is 5.88. The number of aliphatic hydroxyl groups is 1. The van der Waals surface area contributed by atoms with Gasteiger partial charge in [0.25, 0.3) is 0 Å². The molecule has 0 fully saturated rings. The fourth-order valence-corrected chi connectivity index (χ4v) is 4.85. The molecule has 3 aromatic rings. The number of alkyl carbamates (subject to hydrolysis) is 1. The van der Waals surface area contributed by atoms with Crippen molar-refractivity contribution in [2.75, 3.05) is 0 Å². The molecule has 0 radical (unpaired) electrons. The molecular weight excluding hydrogens is 556 g/mol. The maximum Gasteiger partial charge on any atom is 0.407 e. The average Bonchev–Trinajstić information content (AvgIpc) is 2.98. The molecule has 3 amide bonds. The van der Waals surface area contributed by atoms with Gasteiger partial charge in [-0.3, -0.25) is 14.6 Å². The zero-order valence-electron chi connectivity index (χ0n) is 26.3. The molecule has 1 heterocycles. The van der Waals surface area contributed by atoms with E-state index in [-0.39, 0.29) is 24.2 Å². The molecule has 9 nitrogen and oxygen atoms in total. The largest absolute Gasteiger partial charge is 0.444 e. The summed E-state index contributed by atoms with van der Waals surface area (Å²) in [6, 6.07) is 21.2. The van der Waals surface area contributed by atoms with Crippen LogP contribution in [-0.4, -0.2) is 51.8 Å².